The Hall–Kier alpha value is -2.61. The highest BCUT2D eigenvalue weighted by molar-refractivity contribution is 7.22. The van der Waals surface area contributed by atoms with Crippen LogP contribution in [0.25, 0.3) is 10.2 Å². The first kappa shape index (κ1) is 18.7. The molecule has 2 heterocycles. The molecule has 142 valence electrons. The van der Waals surface area contributed by atoms with E-state index in [0.29, 0.717) is 20.9 Å². The Morgan fingerprint density at radius 2 is 2.07 bits per heavy atom. The van der Waals surface area contributed by atoms with Crippen LogP contribution in [-0.4, -0.2) is 20.7 Å². The molecule has 0 saturated carbocycles. The monoisotopic (exact) mass is 432 g/mol. The smallest absolute Gasteiger partial charge is 0.277 e. The molecule has 2 aromatic heterocycles. The minimum Gasteiger partial charge on any atom is -0.470 e. The van der Waals surface area contributed by atoms with E-state index in [1.54, 1.807) is 30.5 Å². The Balaban J connectivity index is 1.42. The molecule has 0 aliphatic carbocycles. The van der Waals surface area contributed by atoms with E-state index >= 15 is 0 Å². The standard InChI is InChI=1S/C19H14Cl2N4O2S/c1-11-2-4-14-17(8-11)28-19(22-14)23-18(26)15-6-7-25(24-15)10-27-16-5-3-12(20)9-13(16)21/h2-9H,10H2,1H3,(H,22,23,26). The first-order valence-electron chi connectivity index (χ1n) is 8.28. The summed E-state index contributed by atoms with van der Waals surface area (Å²) in [7, 11) is 0. The molecule has 1 amide bonds. The number of nitrogens with one attached hydrogen (secondary N) is 1. The largest absolute Gasteiger partial charge is 0.470 e. The fraction of sp³-hybridized carbons (Fsp3) is 0.105. The number of anilines is 1. The van der Waals surface area contributed by atoms with Crippen molar-refractivity contribution in [2.45, 2.75) is 13.7 Å². The van der Waals surface area contributed by atoms with E-state index in [0.717, 1.165) is 15.8 Å². The number of carbonyl (C=O) groups is 1. The van der Waals surface area contributed by atoms with Gasteiger partial charge in [0.1, 0.15) is 5.75 Å². The number of thiazole rings is 1. The highest BCUT2D eigenvalue weighted by Gasteiger charge is 2.13. The molecule has 0 saturated heterocycles. The van der Waals surface area contributed by atoms with Crippen LogP contribution in [0.1, 0.15) is 16.1 Å². The third kappa shape index (κ3) is 4.11. The van der Waals surface area contributed by atoms with Crippen molar-refractivity contribution in [2.75, 3.05) is 5.32 Å². The second-order valence-electron chi connectivity index (χ2n) is 6.03. The van der Waals surface area contributed by atoms with Gasteiger partial charge in [-0.1, -0.05) is 40.6 Å². The number of hydrogen-bond acceptors (Lipinski definition) is 5. The lowest BCUT2D eigenvalue weighted by Gasteiger charge is -2.08. The fourth-order valence-corrected chi connectivity index (χ4v) is 3.95. The lowest BCUT2D eigenvalue weighted by atomic mass is 10.2. The summed E-state index contributed by atoms with van der Waals surface area (Å²) in [4.78, 5) is 16.9. The zero-order chi connectivity index (χ0) is 19.7. The van der Waals surface area contributed by atoms with Crippen LogP contribution in [0, 0.1) is 6.92 Å². The number of amides is 1. The second kappa shape index (κ2) is 7.79. The molecule has 1 N–H and O–H groups in total. The zero-order valence-corrected chi connectivity index (χ0v) is 17.0. The van der Waals surface area contributed by atoms with Crippen molar-refractivity contribution in [1.29, 1.82) is 0 Å². The number of aryl methyl sites for hydroxylation is 1. The third-order valence-electron chi connectivity index (χ3n) is 3.88. The third-order valence-corrected chi connectivity index (χ3v) is 5.35. The van der Waals surface area contributed by atoms with E-state index in [9.17, 15) is 4.79 Å². The number of aromatic nitrogens is 3. The SMILES string of the molecule is Cc1ccc2nc(NC(=O)c3ccn(COc4ccc(Cl)cc4Cl)n3)sc2c1. The number of rotatable bonds is 5. The summed E-state index contributed by atoms with van der Waals surface area (Å²) in [5.74, 6) is 0.149. The maximum absolute atomic E-state index is 12.4. The van der Waals surface area contributed by atoms with Gasteiger partial charge < -0.3 is 4.74 Å². The molecule has 0 atom stereocenters. The lowest BCUT2D eigenvalue weighted by molar-refractivity contribution is 0.102. The molecule has 2 aromatic carbocycles. The van der Waals surface area contributed by atoms with Gasteiger partial charge in [-0.3, -0.25) is 10.1 Å². The molecule has 4 rings (SSSR count). The van der Waals surface area contributed by atoms with Crippen LogP contribution in [-0.2, 0) is 6.73 Å². The first-order valence-corrected chi connectivity index (χ1v) is 9.85. The van der Waals surface area contributed by atoms with Crippen molar-refractivity contribution in [3.63, 3.8) is 0 Å². The number of ether oxygens (including phenoxy) is 1. The molecule has 28 heavy (non-hydrogen) atoms. The average Bonchev–Trinajstić information content (AvgIpc) is 3.27. The molecule has 9 heteroatoms. The van der Waals surface area contributed by atoms with Crippen LogP contribution in [0.2, 0.25) is 10.0 Å². The molecule has 0 unspecified atom stereocenters. The highest BCUT2D eigenvalue weighted by atomic mass is 35.5. The quantitative estimate of drug-likeness (QED) is 0.458. The van der Waals surface area contributed by atoms with E-state index in [1.165, 1.54) is 16.0 Å². The van der Waals surface area contributed by atoms with Crippen molar-refractivity contribution in [1.82, 2.24) is 14.8 Å². The Morgan fingerprint density at radius 1 is 1.21 bits per heavy atom. The fourth-order valence-electron chi connectivity index (χ4n) is 2.53. The number of hydrogen-bond donors (Lipinski definition) is 1. The van der Waals surface area contributed by atoms with Gasteiger partial charge in [0.15, 0.2) is 17.6 Å². The number of benzene rings is 2. The van der Waals surface area contributed by atoms with Gasteiger partial charge in [0.25, 0.3) is 5.91 Å². The summed E-state index contributed by atoms with van der Waals surface area (Å²) >= 11 is 13.4. The number of carbonyl (C=O) groups excluding carboxylic acids is 1. The number of nitrogens with zero attached hydrogens (tertiary/aromatic N) is 3. The minimum absolute atomic E-state index is 0.106. The van der Waals surface area contributed by atoms with Crippen LogP contribution < -0.4 is 10.1 Å². The van der Waals surface area contributed by atoms with Crippen molar-refractivity contribution < 1.29 is 9.53 Å². The van der Waals surface area contributed by atoms with Gasteiger partial charge in [0.05, 0.1) is 15.2 Å². The van der Waals surface area contributed by atoms with E-state index in [2.05, 4.69) is 15.4 Å². The van der Waals surface area contributed by atoms with E-state index in [1.807, 2.05) is 25.1 Å². The van der Waals surface area contributed by atoms with Crippen LogP contribution in [0.15, 0.2) is 48.7 Å². The van der Waals surface area contributed by atoms with E-state index in [4.69, 9.17) is 27.9 Å². The average molecular weight is 433 g/mol. The molecule has 0 bridgehead atoms. The van der Waals surface area contributed by atoms with Crippen molar-refractivity contribution in [3.8, 4) is 5.75 Å². The Morgan fingerprint density at radius 3 is 2.89 bits per heavy atom. The summed E-state index contributed by atoms with van der Waals surface area (Å²) in [6.45, 7) is 2.12. The Labute approximate surface area is 174 Å². The number of halogens is 2. The van der Waals surface area contributed by atoms with Crippen LogP contribution >= 0.6 is 34.5 Å². The van der Waals surface area contributed by atoms with Gasteiger partial charge in [-0.25, -0.2) is 9.67 Å². The molecular weight excluding hydrogens is 419 g/mol. The van der Waals surface area contributed by atoms with Gasteiger partial charge in [-0.2, -0.15) is 5.10 Å². The Kier molecular flexibility index (Phi) is 5.21. The zero-order valence-electron chi connectivity index (χ0n) is 14.6. The molecule has 0 spiro atoms. The predicted molar refractivity (Wildman–Crippen MR) is 112 cm³/mol. The molecule has 4 aromatic rings. The van der Waals surface area contributed by atoms with Crippen molar-refractivity contribution in [2.24, 2.45) is 0 Å². The number of fused-ring (bicyclic) bond motifs is 1. The van der Waals surface area contributed by atoms with Gasteiger partial charge in [0, 0.05) is 11.2 Å². The topological polar surface area (TPSA) is 69.0 Å². The summed E-state index contributed by atoms with van der Waals surface area (Å²) in [5, 5.41) is 8.48. The normalized spacial score (nSPS) is 11.0. The molecule has 0 aliphatic rings. The van der Waals surface area contributed by atoms with E-state index in [-0.39, 0.29) is 18.3 Å². The molecule has 0 aliphatic heterocycles. The van der Waals surface area contributed by atoms with Gasteiger partial charge in [-0.05, 0) is 48.9 Å². The summed E-state index contributed by atoms with van der Waals surface area (Å²) < 4.78 is 8.13. The minimum atomic E-state index is -0.334. The highest BCUT2D eigenvalue weighted by Crippen LogP contribution is 2.28. The maximum atomic E-state index is 12.4. The Bertz CT molecular complexity index is 1170. The van der Waals surface area contributed by atoms with Crippen LogP contribution in [0.3, 0.4) is 0 Å². The van der Waals surface area contributed by atoms with Gasteiger partial charge in [-0.15, -0.1) is 0 Å². The predicted octanol–water partition coefficient (Wildman–Crippen LogP) is 5.40. The van der Waals surface area contributed by atoms with Gasteiger partial charge in [0.2, 0.25) is 0 Å². The molecule has 0 fully saturated rings. The summed E-state index contributed by atoms with van der Waals surface area (Å²) in [5.41, 5.74) is 2.26. The van der Waals surface area contributed by atoms with Crippen LogP contribution in [0.4, 0.5) is 5.13 Å². The van der Waals surface area contributed by atoms with Crippen molar-refractivity contribution in [3.05, 3.63) is 70.0 Å². The summed E-state index contributed by atoms with van der Waals surface area (Å²) in [6, 6.07) is 12.5. The molecule has 6 nitrogen and oxygen atoms in total. The maximum Gasteiger partial charge on any atom is 0.277 e. The first-order chi connectivity index (χ1) is 13.5. The summed E-state index contributed by atoms with van der Waals surface area (Å²) in [6.07, 6.45) is 1.65. The van der Waals surface area contributed by atoms with Crippen molar-refractivity contribution >= 4 is 55.8 Å². The molecular formula is C19H14Cl2N4O2S. The van der Waals surface area contributed by atoms with Crippen LogP contribution in [0.5, 0.6) is 5.75 Å². The lowest BCUT2D eigenvalue weighted by Crippen LogP contribution is -2.14. The van der Waals surface area contributed by atoms with E-state index < -0.39 is 0 Å². The second-order valence-corrected chi connectivity index (χ2v) is 7.91. The van der Waals surface area contributed by atoms with Gasteiger partial charge >= 0.3 is 0 Å². The molecule has 0 radical (unpaired) electrons.